The Morgan fingerprint density at radius 2 is 1.50 bits per heavy atom. The molecule has 3 rings (SSSR count). The highest BCUT2D eigenvalue weighted by Crippen LogP contribution is 2.28. The molecule has 0 fully saturated rings. The molecule has 0 aliphatic heterocycles. The van der Waals surface area contributed by atoms with E-state index in [4.69, 9.17) is 0 Å². The van der Waals surface area contributed by atoms with E-state index < -0.39 is 11.8 Å². The summed E-state index contributed by atoms with van der Waals surface area (Å²) in [5, 5.41) is 11.9. The number of hydrogen-bond donors (Lipinski definition) is 2. The summed E-state index contributed by atoms with van der Waals surface area (Å²) >= 11 is 0. The molecule has 0 heterocycles. The van der Waals surface area contributed by atoms with Gasteiger partial charge in [-0.1, -0.05) is 54.6 Å². The van der Waals surface area contributed by atoms with Gasteiger partial charge in [0.1, 0.15) is 5.82 Å². The van der Waals surface area contributed by atoms with Gasteiger partial charge in [-0.15, -0.1) is 6.58 Å². The smallest absolute Gasteiger partial charge is 0.305 e. The molecule has 3 aromatic carbocycles. The predicted molar refractivity (Wildman–Crippen MR) is 128 cm³/mol. The van der Waals surface area contributed by atoms with Crippen LogP contribution in [0.1, 0.15) is 32.7 Å². The summed E-state index contributed by atoms with van der Waals surface area (Å²) in [5.41, 5.74) is 2.53. The van der Waals surface area contributed by atoms with Gasteiger partial charge in [-0.3, -0.25) is 14.4 Å². The van der Waals surface area contributed by atoms with Gasteiger partial charge in [0.25, 0.3) is 11.8 Å². The first-order chi connectivity index (χ1) is 16.4. The highest BCUT2D eigenvalue weighted by Gasteiger charge is 2.22. The van der Waals surface area contributed by atoms with Crippen molar-refractivity contribution in [2.45, 2.75) is 13.0 Å². The molecule has 34 heavy (non-hydrogen) atoms. The number of halogens is 1. The van der Waals surface area contributed by atoms with E-state index in [2.05, 4.69) is 11.9 Å². The molecule has 0 atom stereocenters. The zero-order valence-electron chi connectivity index (χ0n) is 18.5. The molecule has 3 aromatic rings. The fraction of sp³-hybridized carbons (Fsp3) is 0.148. The molecule has 6 nitrogen and oxygen atoms in total. The first kappa shape index (κ1) is 24.4. The first-order valence-electron chi connectivity index (χ1n) is 10.7. The van der Waals surface area contributed by atoms with Crippen molar-refractivity contribution in [1.29, 1.82) is 0 Å². The summed E-state index contributed by atoms with van der Waals surface area (Å²) in [5.74, 6) is -2.12. The van der Waals surface area contributed by atoms with Crippen molar-refractivity contribution >= 4 is 17.8 Å². The number of carbonyl (C=O) groups is 3. The van der Waals surface area contributed by atoms with Crippen LogP contribution in [0.3, 0.4) is 0 Å². The molecule has 2 N–H and O–H groups in total. The van der Waals surface area contributed by atoms with Crippen LogP contribution in [0.15, 0.2) is 85.5 Å². The zero-order chi connectivity index (χ0) is 24.5. The largest absolute Gasteiger partial charge is 0.481 e. The Morgan fingerprint density at radius 3 is 2.12 bits per heavy atom. The van der Waals surface area contributed by atoms with Crippen LogP contribution >= 0.6 is 0 Å². The number of carboxylic acid groups (broad SMARTS) is 1. The molecular formula is C27H25FN2O4. The lowest BCUT2D eigenvalue weighted by Gasteiger charge is -2.24. The van der Waals surface area contributed by atoms with Crippen LogP contribution in [0.2, 0.25) is 0 Å². The summed E-state index contributed by atoms with van der Waals surface area (Å²) < 4.78 is 13.3. The van der Waals surface area contributed by atoms with Gasteiger partial charge in [-0.2, -0.15) is 0 Å². The molecule has 0 bridgehead atoms. The number of nitrogens with one attached hydrogen (secondary N) is 1. The Labute approximate surface area is 197 Å². The maximum atomic E-state index is 13.6. The number of carbonyl (C=O) groups excluding carboxylic acids is 2. The average Bonchev–Trinajstić information content (AvgIpc) is 2.85. The minimum absolute atomic E-state index is 0.0264. The number of benzene rings is 3. The van der Waals surface area contributed by atoms with Gasteiger partial charge in [0.15, 0.2) is 0 Å². The van der Waals surface area contributed by atoms with Crippen LogP contribution in [0, 0.1) is 5.82 Å². The van der Waals surface area contributed by atoms with Gasteiger partial charge in [0.05, 0.1) is 6.42 Å². The molecule has 0 radical (unpaired) electrons. The summed E-state index contributed by atoms with van der Waals surface area (Å²) in [7, 11) is 0. The number of amides is 2. The third kappa shape index (κ3) is 6.16. The van der Waals surface area contributed by atoms with Crippen LogP contribution in [-0.2, 0) is 11.3 Å². The van der Waals surface area contributed by atoms with Crippen molar-refractivity contribution in [2.75, 3.05) is 13.1 Å². The number of aliphatic carboxylic acids is 1. The van der Waals surface area contributed by atoms with E-state index in [9.17, 15) is 23.9 Å². The number of carboxylic acids is 1. The van der Waals surface area contributed by atoms with Crippen LogP contribution < -0.4 is 5.32 Å². The quantitative estimate of drug-likeness (QED) is 0.436. The Hall–Kier alpha value is -4.26. The molecule has 0 unspecified atom stereocenters. The highest BCUT2D eigenvalue weighted by molar-refractivity contribution is 6.06. The third-order valence-corrected chi connectivity index (χ3v) is 5.20. The molecule has 174 valence electrons. The molecule has 0 aliphatic rings. The fourth-order valence-corrected chi connectivity index (χ4v) is 3.54. The van der Waals surface area contributed by atoms with Gasteiger partial charge in [0, 0.05) is 30.8 Å². The van der Waals surface area contributed by atoms with Gasteiger partial charge < -0.3 is 15.3 Å². The predicted octanol–water partition coefficient (Wildman–Crippen LogP) is 4.53. The number of nitrogens with zero attached hydrogens (tertiary/aromatic N) is 1. The van der Waals surface area contributed by atoms with E-state index in [1.54, 1.807) is 66.7 Å². The monoisotopic (exact) mass is 460 g/mol. The maximum absolute atomic E-state index is 13.6. The topological polar surface area (TPSA) is 86.7 Å². The van der Waals surface area contributed by atoms with Crippen molar-refractivity contribution in [1.82, 2.24) is 10.2 Å². The SMILES string of the molecule is C=CCNC(=O)c1ccccc1-c1ccccc1C(=O)N(CCC(=O)O)Cc1ccc(F)cc1. The van der Waals surface area contributed by atoms with Crippen molar-refractivity contribution in [3.05, 3.63) is 108 Å². The van der Waals surface area contributed by atoms with Crippen LogP contribution in [-0.4, -0.2) is 40.9 Å². The van der Waals surface area contributed by atoms with E-state index in [-0.39, 0.29) is 31.3 Å². The second-order valence-corrected chi connectivity index (χ2v) is 7.59. The van der Waals surface area contributed by atoms with E-state index in [1.807, 2.05) is 0 Å². The van der Waals surface area contributed by atoms with Crippen LogP contribution in [0.25, 0.3) is 11.1 Å². The average molecular weight is 461 g/mol. The Kier molecular flexibility index (Phi) is 8.29. The molecule has 0 aliphatic carbocycles. The molecular weight excluding hydrogens is 435 g/mol. The second kappa shape index (κ2) is 11.6. The van der Waals surface area contributed by atoms with Crippen molar-refractivity contribution in [2.24, 2.45) is 0 Å². The molecule has 0 aromatic heterocycles. The lowest BCUT2D eigenvalue weighted by Crippen LogP contribution is -2.33. The molecule has 0 saturated carbocycles. The standard InChI is InChI=1S/C27H25FN2O4/c1-2-16-29-26(33)23-9-5-3-7-21(23)22-8-4-6-10-24(22)27(34)30(17-15-25(31)32)18-19-11-13-20(28)14-12-19/h2-14H,1,15-18H2,(H,29,33)(H,31,32). The fourth-order valence-electron chi connectivity index (χ4n) is 3.54. The zero-order valence-corrected chi connectivity index (χ0v) is 18.5. The van der Waals surface area contributed by atoms with Crippen LogP contribution in [0.4, 0.5) is 4.39 Å². The summed E-state index contributed by atoms with van der Waals surface area (Å²) in [4.78, 5) is 39.0. The van der Waals surface area contributed by atoms with Gasteiger partial charge in [-0.25, -0.2) is 4.39 Å². The van der Waals surface area contributed by atoms with Crippen molar-refractivity contribution in [3.8, 4) is 11.1 Å². The van der Waals surface area contributed by atoms with E-state index in [0.717, 1.165) is 0 Å². The first-order valence-corrected chi connectivity index (χ1v) is 10.7. The minimum atomic E-state index is -1.03. The minimum Gasteiger partial charge on any atom is -0.481 e. The number of hydrogen-bond acceptors (Lipinski definition) is 3. The van der Waals surface area contributed by atoms with Gasteiger partial charge in [-0.05, 0) is 41.0 Å². The molecule has 0 saturated heterocycles. The molecule has 0 spiro atoms. The summed E-state index contributed by atoms with van der Waals surface area (Å²) in [6.45, 7) is 3.99. The van der Waals surface area contributed by atoms with E-state index in [0.29, 0.717) is 34.4 Å². The second-order valence-electron chi connectivity index (χ2n) is 7.59. The third-order valence-electron chi connectivity index (χ3n) is 5.20. The Morgan fingerprint density at radius 1 is 0.912 bits per heavy atom. The maximum Gasteiger partial charge on any atom is 0.305 e. The van der Waals surface area contributed by atoms with Crippen molar-refractivity contribution < 1.29 is 23.9 Å². The lowest BCUT2D eigenvalue weighted by atomic mass is 9.94. The summed E-state index contributed by atoms with van der Waals surface area (Å²) in [6.07, 6.45) is 1.34. The van der Waals surface area contributed by atoms with Crippen LogP contribution in [0.5, 0.6) is 0 Å². The van der Waals surface area contributed by atoms with Gasteiger partial charge in [0.2, 0.25) is 0 Å². The van der Waals surface area contributed by atoms with Crippen molar-refractivity contribution in [3.63, 3.8) is 0 Å². The Balaban J connectivity index is 2.00. The van der Waals surface area contributed by atoms with Gasteiger partial charge >= 0.3 is 5.97 Å². The number of rotatable bonds is 10. The van der Waals surface area contributed by atoms with E-state index in [1.165, 1.54) is 17.0 Å². The summed E-state index contributed by atoms with van der Waals surface area (Å²) in [6, 6.07) is 19.5. The highest BCUT2D eigenvalue weighted by atomic mass is 19.1. The lowest BCUT2D eigenvalue weighted by molar-refractivity contribution is -0.137. The normalized spacial score (nSPS) is 10.4. The Bertz CT molecular complexity index is 1190. The molecule has 7 heteroatoms. The van der Waals surface area contributed by atoms with E-state index >= 15 is 0 Å². The molecule has 2 amide bonds.